The maximum Gasteiger partial charge on any atom is 0.167 e. The lowest BCUT2D eigenvalue weighted by atomic mass is 10.1. The van der Waals surface area contributed by atoms with Crippen molar-refractivity contribution in [3.05, 3.63) is 12.7 Å². The fourth-order valence-electron chi connectivity index (χ4n) is 2.44. The fourth-order valence-corrected chi connectivity index (χ4v) is 2.44. The number of aromatic nitrogens is 4. The first-order valence-electron chi connectivity index (χ1n) is 6.07. The lowest BCUT2D eigenvalue weighted by molar-refractivity contribution is -0.0535. The van der Waals surface area contributed by atoms with E-state index in [1.54, 1.807) is 4.57 Å². The largest absolute Gasteiger partial charge is 0.394 e. The Kier molecular flexibility index (Phi) is 3.26. The molecule has 108 valence electrons. The molecule has 2 aromatic heterocycles. The van der Waals surface area contributed by atoms with Gasteiger partial charge < -0.3 is 25.4 Å². The summed E-state index contributed by atoms with van der Waals surface area (Å²) in [4.78, 5) is 12.1. The van der Waals surface area contributed by atoms with Crippen LogP contribution in [0.5, 0.6) is 0 Å². The number of anilines is 1. The number of methoxy groups -OCH3 is 1. The standard InChI is InChI=1S/C11H15N5O4/c1-19-8-5(2-17)20-11(7(8)18)16-4-15-6-9(12)13-3-14-10(6)16/h3-5,7-8,11,17-18H,2H2,1H3,(H2,12,13,14)/t5?,7?,8-,11?/m0/s1. The van der Waals surface area contributed by atoms with E-state index in [4.69, 9.17) is 15.2 Å². The number of aliphatic hydroxyl groups is 2. The fraction of sp³-hybridized carbons (Fsp3) is 0.545. The van der Waals surface area contributed by atoms with Crippen LogP contribution in [0.1, 0.15) is 6.23 Å². The molecule has 9 heteroatoms. The van der Waals surface area contributed by atoms with Crippen LogP contribution in [0, 0.1) is 0 Å². The van der Waals surface area contributed by atoms with E-state index in [0.29, 0.717) is 11.2 Å². The van der Waals surface area contributed by atoms with Gasteiger partial charge in [0.15, 0.2) is 17.7 Å². The van der Waals surface area contributed by atoms with E-state index >= 15 is 0 Å². The van der Waals surface area contributed by atoms with Gasteiger partial charge in [-0.1, -0.05) is 0 Å². The summed E-state index contributed by atoms with van der Waals surface area (Å²) in [6, 6.07) is 0. The monoisotopic (exact) mass is 281 g/mol. The SMILES string of the molecule is CO[C@H]1C(CO)OC(n2cnc3c(N)ncnc32)C1O. The van der Waals surface area contributed by atoms with Crippen LogP contribution < -0.4 is 5.73 Å². The number of hydrogen-bond acceptors (Lipinski definition) is 8. The van der Waals surface area contributed by atoms with Crippen molar-refractivity contribution in [3.63, 3.8) is 0 Å². The Balaban J connectivity index is 2.01. The Hall–Kier alpha value is -1.81. The second-order valence-corrected chi connectivity index (χ2v) is 4.52. The zero-order valence-electron chi connectivity index (χ0n) is 10.7. The molecule has 3 heterocycles. The second kappa shape index (κ2) is 4.94. The predicted octanol–water partition coefficient (Wildman–Crippen LogP) is -1.33. The molecule has 1 aliphatic rings. The molecule has 0 aromatic carbocycles. The quantitative estimate of drug-likeness (QED) is 0.631. The lowest BCUT2D eigenvalue weighted by Gasteiger charge is -2.17. The van der Waals surface area contributed by atoms with E-state index in [1.165, 1.54) is 19.8 Å². The van der Waals surface area contributed by atoms with Gasteiger partial charge in [-0.2, -0.15) is 0 Å². The molecule has 2 aromatic rings. The molecule has 0 radical (unpaired) electrons. The van der Waals surface area contributed by atoms with E-state index in [2.05, 4.69) is 15.0 Å². The molecule has 3 unspecified atom stereocenters. The zero-order chi connectivity index (χ0) is 14.3. The second-order valence-electron chi connectivity index (χ2n) is 4.52. The average Bonchev–Trinajstić information content (AvgIpc) is 3.00. The number of hydrogen-bond donors (Lipinski definition) is 3. The van der Waals surface area contributed by atoms with Crippen molar-refractivity contribution >= 4 is 17.0 Å². The van der Waals surface area contributed by atoms with Crippen molar-refractivity contribution in [2.75, 3.05) is 19.5 Å². The summed E-state index contributed by atoms with van der Waals surface area (Å²) in [7, 11) is 1.45. The first-order chi connectivity index (χ1) is 9.67. The van der Waals surface area contributed by atoms with Crippen molar-refractivity contribution in [3.8, 4) is 0 Å². The van der Waals surface area contributed by atoms with E-state index in [0.717, 1.165) is 0 Å². The van der Waals surface area contributed by atoms with Gasteiger partial charge in [0, 0.05) is 7.11 Å². The average molecular weight is 281 g/mol. The number of nitrogens with zero attached hydrogens (tertiary/aromatic N) is 4. The lowest BCUT2D eigenvalue weighted by Crippen LogP contribution is -2.35. The van der Waals surface area contributed by atoms with E-state index in [9.17, 15) is 10.2 Å². The summed E-state index contributed by atoms with van der Waals surface area (Å²) >= 11 is 0. The predicted molar refractivity (Wildman–Crippen MR) is 67.5 cm³/mol. The summed E-state index contributed by atoms with van der Waals surface area (Å²) in [5.41, 5.74) is 6.60. The van der Waals surface area contributed by atoms with Crippen LogP contribution in [-0.4, -0.2) is 61.8 Å². The minimum Gasteiger partial charge on any atom is -0.394 e. The molecule has 0 bridgehead atoms. The molecule has 0 aliphatic carbocycles. The van der Waals surface area contributed by atoms with Crippen molar-refractivity contribution in [1.29, 1.82) is 0 Å². The molecule has 0 saturated carbocycles. The van der Waals surface area contributed by atoms with Crippen molar-refractivity contribution < 1.29 is 19.7 Å². The molecular formula is C11H15N5O4. The highest BCUT2D eigenvalue weighted by atomic mass is 16.6. The number of imidazole rings is 1. The molecule has 1 aliphatic heterocycles. The van der Waals surface area contributed by atoms with Gasteiger partial charge >= 0.3 is 0 Å². The molecular weight excluding hydrogens is 266 g/mol. The van der Waals surface area contributed by atoms with Crippen LogP contribution >= 0.6 is 0 Å². The topological polar surface area (TPSA) is 129 Å². The minimum absolute atomic E-state index is 0.253. The molecule has 3 rings (SSSR count). The summed E-state index contributed by atoms with van der Waals surface area (Å²) < 4.78 is 12.3. The number of fused-ring (bicyclic) bond motifs is 1. The number of ether oxygens (including phenoxy) is 2. The van der Waals surface area contributed by atoms with Crippen molar-refractivity contribution in [1.82, 2.24) is 19.5 Å². The third-order valence-electron chi connectivity index (χ3n) is 3.42. The van der Waals surface area contributed by atoms with E-state index < -0.39 is 24.5 Å². The molecule has 4 N–H and O–H groups in total. The van der Waals surface area contributed by atoms with Crippen molar-refractivity contribution in [2.45, 2.75) is 24.5 Å². The molecule has 0 amide bonds. The van der Waals surface area contributed by atoms with Gasteiger partial charge in [0.05, 0.1) is 12.9 Å². The highest BCUT2D eigenvalue weighted by molar-refractivity contribution is 5.81. The van der Waals surface area contributed by atoms with Gasteiger partial charge in [0.25, 0.3) is 0 Å². The minimum atomic E-state index is -0.953. The smallest absolute Gasteiger partial charge is 0.167 e. The first-order valence-corrected chi connectivity index (χ1v) is 6.07. The van der Waals surface area contributed by atoms with Gasteiger partial charge in [0.1, 0.15) is 30.2 Å². The molecule has 1 fully saturated rings. The van der Waals surface area contributed by atoms with Crippen molar-refractivity contribution in [2.24, 2.45) is 0 Å². The highest BCUT2D eigenvalue weighted by Gasteiger charge is 2.45. The van der Waals surface area contributed by atoms with Crippen LogP contribution in [0.15, 0.2) is 12.7 Å². The van der Waals surface area contributed by atoms with Crippen LogP contribution in [0.4, 0.5) is 5.82 Å². The highest BCUT2D eigenvalue weighted by Crippen LogP contribution is 2.32. The molecule has 20 heavy (non-hydrogen) atoms. The third-order valence-corrected chi connectivity index (χ3v) is 3.42. The maximum atomic E-state index is 10.3. The first kappa shape index (κ1) is 13.2. The van der Waals surface area contributed by atoms with Gasteiger partial charge in [-0.05, 0) is 0 Å². The third kappa shape index (κ3) is 1.83. The van der Waals surface area contributed by atoms with Gasteiger partial charge in [-0.15, -0.1) is 0 Å². The molecule has 4 atom stereocenters. The summed E-state index contributed by atoms with van der Waals surface area (Å²) in [5.74, 6) is 0.253. The Morgan fingerprint density at radius 2 is 2.25 bits per heavy atom. The van der Waals surface area contributed by atoms with E-state index in [-0.39, 0.29) is 12.4 Å². The normalized spacial score (nSPS) is 30.1. The van der Waals surface area contributed by atoms with Crippen LogP contribution in [0.25, 0.3) is 11.2 Å². The summed E-state index contributed by atoms with van der Waals surface area (Å²) in [6.45, 7) is -0.254. The van der Waals surface area contributed by atoms with Crippen LogP contribution in [0.3, 0.4) is 0 Å². The molecule has 1 saturated heterocycles. The van der Waals surface area contributed by atoms with E-state index in [1.807, 2.05) is 0 Å². The number of aliphatic hydroxyl groups excluding tert-OH is 2. The van der Waals surface area contributed by atoms with Gasteiger partial charge in [0.2, 0.25) is 0 Å². The molecule has 0 spiro atoms. The number of nitrogen functional groups attached to an aromatic ring is 1. The Morgan fingerprint density at radius 1 is 1.45 bits per heavy atom. The van der Waals surface area contributed by atoms with Crippen LogP contribution in [0.2, 0.25) is 0 Å². The number of nitrogens with two attached hydrogens (primary N) is 1. The van der Waals surface area contributed by atoms with Gasteiger partial charge in [-0.25, -0.2) is 15.0 Å². The van der Waals surface area contributed by atoms with Gasteiger partial charge in [-0.3, -0.25) is 4.57 Å². The summed E-state index contributed by atoms with van der Waals surface area (Å²) in [6.07, 6.45) is -0.162. The Labute approximate surface area is 114 Å². The molecule has 9 nitrogen and oxygen atoms in total. The zero-order valence-corrected chi connectivity index (χ0v) is 10.7. The Morgan fingerprint density at radius 3 is 2.90 bits per heavy atom. The number of rotatable bonds is 3. The summed E-state index contributed by atoms with van der Waals surface area (Å²) in [5, 5.41) is 19.5. The maximum absolute atomic E-state index is 10.3. The Bertz CT molecular complexity index is 618. The van der Waals surface area contributed by atoms with Crippen LogP contribution in [-0.2, 0) is 9.47 Å².